The number of nitrogens with zero attached hydrogens (tertiary/aromatic N) is 3. The Bertz CT molecular complexity index is 1950. The van der Waals surface area contributed by atoms with E-state index in [0.717, 1.165) is 60.8 Å². The van der Waals surface area contributed by atoms with Gasteiger partial charge in [0.15, 0.2) is 0 Å². The van der Waals surface area contributed by atoms with Crippen LogP contribution in [0.5, 0.6) is 0 Å². The average Bonchev–Trinajstić information content (AvgIpc) is 3.67. The summed E-state index contributed by atoms with van der Waals surface area (Å²) in [6.45, 7) is 4.53. The summed E-state index contributed by atoms with van der Waals surface area (Å²) in [5.41, 5.74) is 3.26. The maximum absolute atomic E-state index is 13.8. The minimum Gasteiger partial charge on any atom is -0.475 e. The third-order valence-corrected chi connectivity index (χ3v) is 8.73. The number of hydrogen-bond donors (Lipinski definition) is 3. The number of carbonyl (C=O) groups excluding carboxylic acids is 1. The highest BCUT2D eigenvalue weighted by molar-refractivity contribution is 6.07. The second-order valence-electron chi connectivity index (χ2n) is 12.3. The van der Waals surface area contributed by atoms with Crippen molar-refractivity contribution in [1.29, 1.82) is 0 Å². The van der Waals surface area contributed by atoms with Crippen LogP contribution in [0.1, 0.15) is 53.8 Å². The number of amides is 1. The molecule has 3 N–H and O–H groups in total. The van der Waals surface area contributed by atoms with Crippen LogP contribution in [-0.4, -0.2) is 85.9 Å². The number of alkyl halides is 6. The average molecular weight is 745 g/mol. The van der Waals surface area contributed by atoms with Crippen molar-refractivity contribution in [2.75, 3.05) is 19.6 Å². The molecule has 0 radical (unpaired) electrons. The van der Waals surface area contributed by atoms with Crippen molar-refractivity contribution < 1.29 is 50.9 Å². The van der Waals surface area contributed by atoms with Gasteiger partial charge in [-0.2, -0.15) is 26.3 Å². The van der Waals surface area contributed by atoms with Crippen molar-refractivity contribution in [2.24, 2.45) is 0 Å². The zero-order chi connectivity index (χ0) is 38.8. The Morgan fingerprint density at radius 3 is 2.04 bits per heavy atom. The Labute approximate surface area is 300 Å². The van der Waals surface area contributed by atoms with E-state index in [0.29, 0.717) is 6.54 Å². The summed E-state index contributed by atoms with van der Waals surface area (Å²) in [5.74, 6) is -5.37. The van der Waals surface area contributed by atoms with Gasteiger partial charge in [0.05, 0.1) is 18.1 Å². The molecule has 0 saturated carbocycles. The number of hydrogen-bond acceptors (Lipinski definition) is 5. The van der Waals surface area contributed by atoms with Crippen LogP contribution in [0.15, 0.2) is 97.5 Å². The van der Waals surface area contributed by atoms with E-state index in [1.807, 2.05) is 30.5 Å². The van der Waals surface area contributed by atoms with Gasteiger partial charge in [0.1, 0.15) is 0 Å². The zero-order valence-electron chi connectivity index (χ0n) is 28.6. The Kier molecular flexibility index (Phi) is 13.6. The Hall–Kier alpha value is -5.44. The molecule has 1 unspecified atom stereocenters. The molecule has 1 aromatic heterocycles. The van der Waals surface area contributed by atoms with Crippen LogP contribution < -0.4 is 0 Å². The van der Waals surface area contributed by atoms with Crippen LogP contribution in [0.4, 0.5) is 26.3 Å². The lowest BCUT2D eigenvalue weighted by atomic mass is 9.95. The Morgan fingerprint density at radius 1 is 0.830 bits per heavy atom. The predicted octanol–water partition coefficient (Wildman–Crippen LogP) is 8.28. The van der Waals surface area contributed by atoms with Gasteiger partial charge >= 0.3 is 24.3 Å². The lowest BCUT2D eigenvalue weighted by molar-refractivity contribution is -0.193. The number of carbonyl (C=O) groups is 3. The van der Waals surface area contributed by atoms with Crippen LogP contribution in [-0.2, 0) is 16.0 Å². The number of aromatic nitrogens is 2. The number of carboxylic acids is 2. The van der Waals surface area contributed by atoms with E-state index in [1.54, 1.807) is 6.33 Å². The molecule has 4 aromatic carbocycles. The lowest BCUT2D eigenvalue weighted by Gasteiger charge is -2.45. The first-order chi connectivity index (χ1) is 25.1. The summed E-state index contributed by atoms with van der Waals surface area (Å²) in [7, 11) is 0. The molecule has 15 heteroatoms. The second-order valence-corrected chi connectivity index (χ2v) is 12.3. The van der Waals surface area contributed by atoms with Gasteiger partial charge in [-0.05, 0) is 46.0 Å². The third-order valence-electron chi connectivity index (χ3n) is 8.73. The number of imidazole rings is 1. The summed E-state index contributed by atoms with van der Waals surface area (Å²) >= 11 is 0. The highest BCUT2D eigenvalue weighted by Gasteiger charge is 2.39. The Balaban J connectivity index is 0.000000381. The minimum absolute atomic E-state index is 0.139. The van der Waals surface area contributed by atoms with Crippen LogP contribution >= 0.6 is 0 Å². The topological polar surface area (TPSA) is 127 Å². The van der Waals surface area contributed by atoms with E-state index in [1.165, 1.54) is 16.3 Å². The highest BCUT2D eigenvalue weighted by Crippen LogP contribution is 2.32. The monoisotopic (exact) mass is 744 g/mol. The molecule has 6 rings (SSSR count). The number of benzene rings is 4. The molecule has 1 amide bonds. The molecule has 2 atom stereocenters. The molecule has 1 fully saturated rings. The summed E-state index contributed by atoms with van der Waals surface area (Å²) < 4.78 is 63.5. The number of rotatable bonds is 8. The molecule has 53 heavy (non-hydrogen) atoms. The van der Waals surface area contributed by atoms with E-state index >= 15 is 0 Å². The maximum atomic E-state index is 13.8. The van der Waals surface area contributed by atoms with Crippen molar-refractivity contribution in [3.05, 3.63) is 114 Å². The van der Waals surface area contributed by atoms with Gasteiger partial charge in [-0.15, -0.1) is 0 Å². The van der Waals surface area contributed by atoms with Gasteiger partial charge in [0.25, 0.3) is 5.91 Å². The van der Waals surface area contributed by atoms with Crippen molar-refractivity contribution in [3.8, 4) is 0 Å². The fourth-order valence-electron chi connectivity index (χ4n) is 6.19. The second kappa shape index (κ2) is 17.9. The van der Waals surface area contributed by atoms with Gasteiger partial charge in [-0.1, -0.05) is 98.6 Å². The molecule has 0 spiro atoms. The molecular formula is C38H38F6N4O5. The number of halogens is 6. The number of piperazine rings is 1. The maximum Gasteiger partial charge on any atom is 0.490 e. The lowest BCUT2D eigenvalue weighted by Crippen LogP contribution is -2.56. The van der Waals surface area contributed by atoms with E-state index in [2.05, 4.69) is 87.4 Å². The summed E-state index contributed by atoms with van der Waals surface area (Å²) in [4.78, 5) is 44.1. The van der Waals surface area contributed by atoms with Gasteiger partial charge < -0.3 is 20.1 Å². The van der Waals surface area contributed by atoms with Crippen molar-refractivity contribution in [2.45, 2.75) is 57.0 Å². The molecule has 5 aromatic rings. The third kappa shape index (κ3) is 11.0. The number of H-pyrrole nitrogens is 1. The molecule has 2 heterocycles. The molecular weight excluding hydrogens is 706 g/mol. The van der Waals surface area contributed by atoms with Gasteiger partial charge in [0, 0.05) is 37.4 Å². The van der Waals surface area contributed by atoms with Gasteiger partial charge in [-0.3, -0.25) is 9.69 Å². The SMILES string of the molecule is CCCC[C@H]1CN(C(=O)c2cccc3ccccc23)CCN1C(Cc1ccc2ccccc2c1)c1cnc[nH]1.O=C(O)C(F)(F)F.O=C(O)C(F)(F)F. The smallest absolute Gasteiger partial charge is 0.475 e. The van der Waals surface area contributed by atoms with E-state index in [-0.39, 0.29) is 18.0 Å². The molecule has 282 valence electrons. The molecule has 0 aliphatic carbocycles. The number of aliphatic carboxylic acids is 2. The molecule has 0 bridgehead atoms. The number of unbranched alkanes of at least 4 members (excludes halogenated alkanes) is 1. The molecule has 1 saturated heterocycles. The summed E-state index contributed by atoms with van der Waals surface area (Å²) in [5, 5.41) is 18.9. The minimum atomic E-state index is -5.08. The number of carboxylic acid groups (broad SMARTS) is 2. The van der Waals surface area contributed by atoms with Crippen molar-refractivity contribution in [3.63, 3.8) is 0 Å². The van der Waals surface area contributed by atoms with E-state index in [9.17, 15) is 31.1 Å². The molecule has 1 aliphatic heterocycles. The van der Waals surface area contributed by atoms with Crippen molar-refractivity contribution >= 4 is 39.4 Å². The number of aromatic amines is 1. The van der Waals surface area contributed by atoms with Gasteiger partial charge in [-0.25, -0.2) is 14.6 Å². The van der Waals surface area contributed by atoms with E-state index in [4.69, 9.17) is 19.8 Å². The van der Waals surface area contributed by atoms with Crippen LogP contribution in [0, 0.1) is 0 Å². The largest absolute Gasteiger partial charge is 0.490 e. The van der Waals surface area contributed by atoms with Crippen LogP contribution in [0.3, 0.4) is 0 Å². The number of nitrogens with one attached hydrogen (secondary N) is 1. The summed E-state index contributed by atoms with van der Waals surface area (Å²) in [6.07, 6.45) is -2.17. The summed E-state index contributed by atoms with van der Waals surface area (Å²) in [6, 6.07) is 30.0. The fraction of sp³-hybridized carbons (Fsp3) is 0.316. The van der Waals surface area contributed by atoms with Crippen LogP contribution in [0.25, 0.3) is 21.5 Å². The molecule has 1 aliphatic rings. The zero-order valence-corrected chi connectivity index (χ0v) is 28.6. The van der Waals surface area contributed by atoms with Crippen LogP contribution in [0.2, 0.25) is 0 Å². The first-order valence-electron chi connectivity index (χ1n) is 16.7. The quantitative estimate of drug-likeness (QED) is 0.137. The normalized spacial score (nSPS) is 15.5. The first-order valence-corrected chi connectivity index (χ1v) is 16.7. The fourth-order valence-corrected chi connectivity index (χ4v) is 6.19. The van der Waals surface area contributed by atoms with E-state index < -0.39 is 24.3 Å². The Morgan fingerprint density at radius 2 is 1.43 bits per heavy atom. The van der Waals surface area contributed by atoms with Gasteiger partial charge in [0.2, 0.25) is 0 Å². The predicted molar refractivity (Wildman–Crippen MR) is 186 cm³/mol. The standard InChI is InChI=1S/C34H36N4O.2C2HF3O2/c1-2-3-13-29-23-37(34(39)31-15-8-12-27-10-6-7-14-30(27)31)18-19-38(29)33(32-22-35-24-36-32)21-25-16-17-26-9-4-5-11-28(26)20-25;2*3-2(4,5)1(6)7/h4-12,14-17,20,22,24,29,33H,2-3,13,18-19,21,23H2,1H3,(H,35,36);2*(H,6,7)/t29-,33?;;/m0../s1. The van der Waals surface area contributed by atoms with Crippen molar-refractivity contribution in [1.82, 2.24) is 19.8 Å². The molecule has 9 nitrogen and oxygen atoms in total. The highest BCUT2D eigenvalue weighted by atomic mass is 19.4. The number of fused-ring (bicyclic) bond motifs is 2. The first kappa shape index (κ1) is 40.3.